The predicted octanol–water partition coefficient (Wildman–Crippen LogP) is 0.126. The molecule has 150 valence electrons. The Morgan fingerprint density at radius 2 is 1.71 bits per heavy atom. The first-order valence-electron chi connectivity index (χ1n) is 9.88. The van der Waals surface area contributed by atoms with Gasteiger partial charge in [-0.15, -0.1) is 0 Å². The molecule has 4 rings (SSSR count). The monoisotopic (exact) mass is 406 g/mol. The minimum Gasteiger partial charge on any atom is -0.378 e. The van der Waals surface area contributed by atoms with E-state index < -0.39 is 0 Å². The third-order valence-corrected chi connectivity index (χ3v) is 6.28. The molecular weight excluding hydrogens is 382 g/mol. The first-order valence-corrected chi connectivity index (χ1v) is 10.3. The lowest BCUT2D eigenvalue weighted by molar-refractivity contribution is -0.920. The van der Waals surface area contributed by atoms with Crippen LogP contribution in [-0.4, -0.2) is 68.1 Å². The maximum Gasteiger partial charge on any atom is 0.292 e. The fraction of sp³-hybridized carbons (Fsp3) is 0.550. The topological polar surface area (TPSA) is 71.4 Å². The summed E-state index contributed by atoms with van der Waals surface area (Å²) < 4.78 is 5.32. The molecule has 3 amide bonds. The molecule has 0 aliphatic carbocycles. The highest BCUT2D eigenvalue weighted by molar-refractivity contribution is 6.30. The average molecular weight is 407 g/mol. The SMILES string of the molecule is O=C(C1CC[NH+]([C@@H]2CC(=O)N(c3ccc(Cl)cc3)C2=O)CC1)N1CCOCC1. The van der Waals surface area contributed by atoms with Crippen LogP contribution in [0, 0.1) is 5.92 Å². The number of halogens is 1. The third-order valence-electron chi connectivity index (χ3n) is 6.02. The number of amides is 3. The van der Waals surface area contributed by atoms with E-state index in [-0.39, 0.29) is 36.1 Å². The van der Waals surface area contributed by atoms with Gasteiger partial charge < -0.3 is 14.5 Å². The number of anilines is 1. The fourth-order valence-corrected chi connectivity index (χ4v) is 4.56. The Bertz CT molecular complexity index is 755. The van der Waals surface area contributed by atoms with E-state index in [1.807, 2.05) is 4.90 Å². The molecule has 1 N–H and O–H groups in total. The van der Waals surface area contributed by atoms with E-state index in [4.69, 9.17) is 16.3 Å². The summed E-state index contributed by atoms with van der Waals surface area (Å²) in [5.74, 6) is -0.1000. The molecular formula is C20H25ClN3O4+. The summed E-state index contributed by atoms with van der Waals surface area (Å²) in [4.78, 5) is 42.4. The van der Waals surface area contributed by atoms with E-state index in [2.05, 4.69) is 0 Å². The molecule has 1 aromatic rings. The Hall–Kier alpha value is -1.96. The molecule has 3 heterocycles. The maximum atomic E-state index is 12.9. The molecule has 3 saturated heterocycles. The highest BCUT2D eigenvalue weighted by Gasteiger charge is 2.47. The van der Waals surface area contributed by atoms with Crippen LogP contribution in [0.2, 0.25) is 5.02 Å². The molecule has 1 atom stereocenters. The number of imide groups is 1. The normalized spacial score (nSPS) is 28.7. The van der Waals surface area contributed by atoms with Crippen molar-refractivity contribution in [2.75, 3.05) is 44.3 Å². The van der Waals surface area contributed by atoms with E-state index in [9.17, 15) is 14.4 Å². The summed E-state index contributed by atoms with van der Waals surface area (Å²) in [6.45, 7) is 4.01. The molecule has 8 heteroatoms. The molecule has 7 nitrogen and oxygen atoms in total. The van der Waals surface area contributed by atoms with Crippen molar-refractivity contribution in [3.63, 3.8) is 0 Å². The van der Waals surface area contributed by atoms with Crippen LogP contribution in [0.15, 0.2) is 24.3 Å². The number of quaternary nitrogens is 1. The summed E-state index contributed by atoms with van der Waals surface area (Å²) in [6, 6.07) is 6.40. The van der Waals surface area contributed by atoms with Crippen LogP contribution >= 0.6 is 11.6 Å². The lowest BCUT2D eigenvalue weighted by Crippen LogP contribution is -3.17. The van der Waals surface area contributed by atoms with Gasteiger partial charge in [-0.2, -0.15) is 0 Å². The van der Waals surface area contributed by atoms with Crippen molar-refractivity contribution in [1.82, 2.24) is 4.90 Å². The van der Waals surface area contributed by atoms with Gasteiger partial charge in [0.15, 0.2) is 6.04 Å². The molecule has 28 heavy (non-hydrogen) atoms. The second-order valence-electron chi connectivity index (χ2n) is 7.67. The van der Waals surface area contributed by atoms with E-state index in [0.29, 0.717) is 37.0 Å². The molecule has 1 aromatic carbocycles. The Balaban J connectivity index is 1.37. The fourth-order valence-electron chi connectivity index (χ4n) is 4.44. The lowest BCUT2D eigenvalue weighted by atomic mass is 9.94. The van der Waals surface area contributed by atoms with Gasteiger partial charge in [0.2, 0.25) is 11.8 Å². The number of hydrogen-bond donors (Lipinski definition) is 1. The first kappa shape index (κ1) is 19.4. The van der Waals surface area contributed by atoms with E-state index in [1.165, 1.54) is 4.90 Å². The summed E-state index contributed by atoms with van der Waals surface area (Å²) >= 11 is 5.91. The van der Waals surface area contributed by atoms with Gasteiger partial charge >= 0.3 is 0 Å². The number of benzene rings is 1. The number of morpholine rings is 1. The van der Waals surface area contributed by atoms with Gasteiger partial charge in [-0.3, -0.25) is 14.4 Å². The van der Waals surface area contributed by atoms with Crippen molar-refractivity contribution in [1.29, 1.82) is 0 Å². The van der Waals surface area contributed by atoms with Gasteiger partial charge in [0.05, 0.1) is 38.4 Å². The van der Waals surface area contributed by atoms with E-state index in [0.717, 1.165) is 30.8 Å². The van der Waals surface area contributed by atoms with Crippen molar-refractivity contribution in [2.24, 2.45) is 5.92 Å². The summed E-state index contributed by atoms with van der Waals surface area (Å²) in [6.07, 6.45) is 1.73. The van der Waals surface area contributed by atoms with Crippen LogP contribution in [-0.2, 0) is 19.1 Å². The number of nitrogens with one attached hydrogen (secondary N) is 1. The predicted molar refractivity (Wildman–Crippen MR) is 103 cm³/mol. The molecule has 0 bridgehead atoms. The first-order chi connectivity index (χ1) is 13.5. The standard InChI is InChI=1S/C20H24ClN3O4/c21-15-1-3-16(4-2-15)24-18(25)13-17(20(24)27)22-7-5-14(6-8-22)19(26)23-9-11-28-12-10-23/h1-4,14,17H,5-13H2/p+1/t17-/m1/s1. The smallest absolute Gasteiger partial charge is 0.292 e. The zero-order valence-corrected chi connectivity index (χ0v) is 16.5. The third kappa shape index (κ3) is 3.79. The number of piperidine rings is 1. The number of hydrogen-bond acceptors (Lipinski definition) is 4. The average Bonchev–Trinajstić information content (AvgIpc) is 3.03. The van der Waals surface area contributed by atoms with Crippen molar-refractivity contribution in [3.8, 4) is 0 Å². The Morgan fingerprint density at radius 1 is 1.07 bits per heavy atom. The summed E-state index contributed by atoms with van der Waals surface area (Å²) in [5.41, 5.74) is 0.568. The summed E-state index contributed by atoms with van der Waals surface area (Å²) in [5, 5.41) is 0.567. The van der Waals surface area contributed by atoms with E-state index >= 15 is 0 Å². The highest BCUT2D eigenvalue weighted by Crippen LogP contribution is 2.24. The lowest BCUT2D eigenvalue weighted by Gasteiger charge is -2.35. The van der Waals surface area contributed by atoms with Gasteiger partial charge in [0.1, 0.15) is 0 Å². The molecule has 3 aliphatic rings. The molecule has 0 spiro atoms. The zero-order valence-electron chi connectivity index (χ0n) is 15.7. The number of rotatable bonds is 3. The summed E-state index contributed by atoms with van der Waals surface area (Å²) in [7, 11) is 0. The Kier molecular flexibility index (Phi) is 5.66. The number of nitrogens with zero attached hydrogens (tertiary/aromatic N) is 2. The molecule has 0 saturated carbocycles. The van der Waals surface area contributed by atoms with Crippen LogP contribution < -0.4 is 9.80 Å². The number of ether oxygens (including phenoxy) is 1. The highest BCUT2D eigenvalue weighted by atomic mass is 35.5. The number of carbonyl (C=O) groups excluding carboxylic acids is 3. The Morgan fingerprint density at radius 3 is 2.36 bits per heavy atom. The van der Waals surface area contributed by atoms with Crippen molar-refractivity contribution in [2.45, 2.75) is 25.3 Å². The van der Waals surface area contributed by atoms with Crippen LogP contribution in [0.4, 0.5) is 5.69 Å². The van der Waals surface area contributed by atoms with Crippen LogP contribution in [0.3, 0.4) is 0 Å². The van der Waals surface area contributed by atoms with Gasteiger partial charge in [-0.05, 0) is 24.3 Å². The molecule has 0 unspecified atom stereocenters. The van der Waals surface area contributed by atoms with Gasteiger partial charge in [-0.25, -0.2) is 4.90 Å². The van der Waals surface area contributed by atoms with Gasteiger partial charge in [-0.1, -0.05) is 11.6 Å². The second-order valence-corrected chi connectivity index (χ2v) is 8.11. The van der Waals surface area contributed by atoms with Crippen LogP contribution in [0.1, 0.15) is 19.3 Å². The minimum absolute atomic E-state index is 0.0152. The number of carbonyl (C=O) groups is 3. The number of likely N-dealkylation sites (tertiary alicyclic amines) is 1. The minimum atomic E-state index is -0.359. The zero-order chi connectivity index (χ0) is 19.7. The molecule has 3 fully saturated rings. The second kappa shape index (κ2) is 8.19. The van der Waals surface area contributed by atoms with Gasteiger partial charge in [0.25, 0.3) is 5.91 Å². The van der Waals surface area contributed by atoms with Crippen molar-refractivity contribution >= 4 is 35.0 Å². The largest absolute Gasteiger partial charge is 0.378 e. The Labute approximate surface area is 169 Å². The van der Waals surface area contributed by atoms with Crippen LogP contribution in [0.5, 0.6) is 0 Å². The van der Waals surface area contributed by atoms with Crippen molar-refractivity contribution in [3.05, 3.63) is 29.3 Å². The van der Waals surface area contributed by atoms with E-state index in [1.54, 1.807) is 24.3 Å². The quantitative estimate of drug-likeness (QED) is 0.724. The van der Waals surface area contributed by atoms with Crippen molar-refractivity contribution < 1.29 is 24.0 Å². The molecule has 0 radical (unpaired) electrons. The molecule has 3 aliphatic heterocycles. The molecule has 0 aromatic heterocycles. The maximum absolute atomic E-state index is 12.9. The van der Waals surface area contributed by atoms with Crippen LogP contribution in [0.25, 0.3) is 0 Å². The van der Waals surface area contributed by atoms with Gasteiger partial charge in [0, 0.05) is 36.9 Å².